The summed E-state index contributed by atoms with van der Waals surface area (Å²) in [6, 6.07) is 8.02. The Morgan fingerprint density at radius 1 is 1.18 bits per heavy atom. The molecule has 0 bridgehead atoms. The number of aliphatic hydroxyl groups is 1. The van der Waals surface area contributed by atoms with Gasteiger partial charge in [-0.1, -0.05) is 0 Å². The van der Waals surface area contributed by atoms with Crippen molar-refractivity contribution in [2.24, 2.45) is 0 Å². The summed E-state index contributed by atoms with van der Waals surface area (Å²) < 4.78 is 28.8. The summed E-state index contributed by atoms with van der Waals surface area (Å²) in [5.74, 6) is -1.19. The van der Waals surface area contributed by atoms with Gasteiger partial charge >= 0.3 is 5.97 Å². The van der Waals surface area contributed by atoms with E-state index in [-0.39, 0.29) is 34.7 Å². The first kappa shape index (κ1) is 32.1. The lowest BCUT2D eigenvalue weighted by Gasteiger charge is -2.41. The quantitative estimate of drug-likeness (QED) is 0.155. The first-order valence-corrected chi connectivity index (χ1v) is 15.2. The van der Waals surface area contributed by atoms with Crippen LogP contribution in [-0.4, -0.2) is 89.8 Å². The molecule has 0 spiro atoms. The van der Waals surface area contributed by atoms with E-state index in [9.17, 15) is 29.4 Å². The minimum Gasteiger partial charge on any atom is -0.494 e. The molecular formula is C33H38FN3O8. The van der Waals surface area contributed by atoms with Crippen LogP contribution in [-0.2, 0) is 4.79 Å². The third kappa shape index (κ3) is 7.02. The van der Waals surface area contributed by atoms with Crippen LogP contribution in [0.3, 0.4) is 0 Å². The van der Waals surface area contributed by atoms with Crippen LogP contribution in [0, 0.1) is 5.82 Å². The number of anilines is 1. The number of carboxylic acid groups (broad SMARTS) is 1. The van der Waals surface area contributed by atoms with Gasteiger partial charge in [0.15, 0.2) is 17.3 Å². The smallest absolute Gasteiger partial charge is 0.341 e. The molecule has 0 amide bonds. The summed E-state index contributed by atoms with van der Waals surface area (Å²) in [7, 11) is 1.43. The van der Waals surface area contributed by atoms with E-state index >= 15 is 4.39 Å². The molecular weight excluding hydrogens is 585 g/mol. The van der Waals surface area contributed by atoms with Gasteiger partial charge in [0.25, 0.3) is 0 Å². The number of pyridine rings is 1. The number of piperazine rings is 1. The van der Waals surface area contributed by atoms with Crippen molar-refractivity contribution in [3.8, 4) is 11.5 Å². The molecule has 1 saturated carbocycles. The predicted molar refractivity (Wildman–Crippen MR) is 165 cm³/mol. The number of hydrogen-bond acceptors (Lipinski definition) is 9. The molecule has 12 heteroatoms. The number of nitrogens with zero attached hydrogens (tertiary/aromatic N) is 3. The molecule has 2 aromatic carbocycles. The van der Waals surface area contributed by atoms with Crippen molar-refractivity contribution in [1.29, 1.82) is 0 Å². The molecule has 1 aliphatic carbocycles. The number of aromatic carboxylic acids is 1. The lowest BCUT2D eigenvalue weighted by molar-refractivity contribution is -0.115. The summed E-state index contributed by atoms with van der Waals surface area (Å²) in [4.78, 5) is 52.2. The van der Waals surface area contributed by atoms with Gasteiger partial charge in [0.05, 0.1) is 24.6 Å². The van der Waals surface area contributed by atoms with Crippen molar-refractivity contribution >= 4 is 34.6 Å². The topological polar surface area (TPSA) is 139 Å². The molecule has 45 heavy (non-hydrogen) atoms. The largest absolute Gasteiger partial charge is 0.494 e. The lowest BCUT2D eigenvalue weighted by Crippen LogP contribution is -2.52. The molecule has 1 saturated heterocycles. The van der Waals surface area contributed by atoms with Gasteiger partial charge in [-0.25, -0.2) is 9.18 Å². The minimum absolute atomic E-state index is 0.00805. The van der Waals surface area contributed by atoms with E-state index in [2.05, 4.69) is 4.90 Å². The van der Waals surface area contributed by atoms with Crippen LogP contribution in [0.2, 0.25) is 0 Å². The number of aromatic nitrogens is 1. The Balaban J connectivity index is 1.24. The van der Waals surface area contributed by atoms with E-state index in [1.54, 1.807) is 28.8 Å². The fourth-order valence-electron chi connectivity index (χ4n) is 5.93. The number of hydrogen-bond donors (Lipinski definition) is 2. The Labute approximate surface area is 259 Å². The molecule has 5 rings (SSSR count). The molecule has 1 aromatic heterocycles. The number of ether oxygens (including phenoxy) is 2. The Hall–Kier alpha value is -4.29. The van der Waals surface area contributed by atoms with Crippen molar-refractivity contribution in [1.82, 2.24) is 9.47 Å². The van der Waals surface area contributed by atoms with E-state index in [1.165, 1.54) is 13.3 Å². The number of carboxylic acids is 1. The van der Waals surface area contributed by atoms with Gasteiger partial charge < -0.3 is 33.9 Å². The number of rotatable bonds is 14. The number of methoxy groups -OCH3 is 1. The lowest BCUT2D eigenvalue weighted by atomic mass is 10.1. The average Bonchev–Trinajstić information content (AvgIpc) is 3.88. The molecule has 2 aliphatic rings. The maximum atomic E-state index is 15.7. The fourth-order valence-corrected chi connectivity index (χ4v) is 5.93. The second-order valence-electron chi connectivity index (χ2n) is 11.7. The van der Waals surface area contributed by atoms with Gasteiger partial charge in [0.2, 0.25) is 5.43 Å². The molecule has 1 aliphatic heterocycles. The highest BCUT2D eigenvalue weighted by Gasteiger charge is 2.33. The first-order valence-electron chi connectivity index (χ1n) is 15.2. The van der Waals surface area contributed by atoms with Gasteiger partial charge in [0, 0.05) is 56.4 Å². The van der Waals surface area contributed by atoms with E-state index in [4.69, 9.17) is 9.47 Å². The predicted octanol–water partition coefficient (Wildman–Crippen LogP) is 3.68. The number of aliphatic hydroxyl groups excluding tert-OH is 1. The second kappa shape index (κ2) is 13.8. The van der Waals surface area contributed by atoms with Gasteiger partial charge in [-0.15, -0.1) is 0 Å². The van der Waals surface area contributed by atoms with E-state index in [0.29, 0.717) is 75.2 Å². The molecule has 2 unspecified atom stereocenters. The maximum absolute atomic E-state index is 15.7. The number of benzene rings is 2. The highest BCUT2D eigenvalue weighted by molar-refractivity contribution is 5.97. The van der Waals surface area contributed by atoms with Gasteiger partial charge in [-0.2, -0.15) is 0 Å². The molecule has 240 valence electrons. The van der Waals surface area contributed by atoms with Crippen LogP contribution in [0.1, 0.15) is 65.8 Å². The maximum Gasteiger partial charge on any atom is 0.341 e. The van der Waals surface area contributed by atoms with Crippen molar-refractivity contribution in [2.75, 3.05) is 44.8 Å². The monoisotopic (exact) mass is 623 g/mol. The third-order valence-corrected chi connectivity index (χ3v) is 8.53. The number of halogens is 1. The summed E-state index contributed by atoms with van der Waals surface area (Å²) in [6.45, 7) is 4.40. The zero-order valence-electron chi connectivity index (χ0n) is 25.4. The average molecular weight is 624 g/mol. The van der Waals surface area contributed by atoms with Crippen molar-refractivity contribution in [3.63, 3.8) is 0 Å². The second-order valence-corrected chi connectivity index (χ2v) is 11.7. The first-order chi connectivity index (χ1) is 21.6. The summed E-state index contributed by atoms with van der Waals surface area (Å²) in [5, 5.41) is 18.9. The third-order valence-electron chi connectivity index (χ3n) is 8.53. The van der Waals surface area contributed by atoms with E-state index in [1.807, 2.05) is 11.8 Å². The van der Waals surface area contributed by atoms with Gasteiger partial charge in [-0.3, -0.25) is 14.5 Å². The van der Waals surface area contributed by atoms with Gasteiger partial charge in [0.1, 0.15) is 29.4 Å². The summed E-state index contributed by atoms with van der Waals surface area (Å²) >= 11 is 0. The van der Waals surface area contributed by atoms with Crippen molar-refractivity contribution < 1.29 is 38.5 Å². The van der Waals surface area contributed by atoms with Gasteiger partial charge in [-0.05, 0) is 62.9 Å². The van der Waals surface area contributed by atoms with Crippen LogP contribution in [0.5, 0.6) is 11.5 Å². The number of Topliss-reactive ketones (excluding diaryl/α,β-unsaturated/α-hetero) is 1. The SMILES string of the molecule is COc1c(N2CCN(CCC(=O)c3ccc(OCCCC(O)C=O)cc3)C(C)C2)c(F)cc2c(=O)c(C(=O)O)cn(C3CC3)c12. The summed E-state index contributed by atoms with van der Waals surface area (Å²) in [5.41, 5.74) is 0.0798. The molecule has 2 atom stereocenters. The molecule has 2 heterocycles. The molecule has 0 radical (unpaired) electrons. The number of fused-ring (bicyclic) bond motifs is 1. The molecule has 3 aromatic rings. The zero-order valence-corrected chi connectivity index (χ0v) is 25.4. The minimum atomic E-state index is -1.35. The van der Waals surface area contributed by atoms with Crippen LogP contribution < -0.4 is 19.8 Å². The highest BCUT2D eigenvalue weighted by atomic mass is 19.1. The highest BCUT2D eigenvalue weighted by Crippen LogP contribution is 2.44. The number of carbonyl (C=O) groups excluding carboxylic acids is 2. The Kier molecular flexibility index (Phi) is 9.83. The zero-order chi connectivity index (χ0) is 32.2. The Bertz CT molecular complexity index is 1640. The normalized spacial score (nSPS) is 17.7. The van der Waals surface area contributed by atoms with Crippen LogP contribution in [0.25, 0.3) is 10.9 Å². The van der Waals surface area contributed by atoms with E-state index in [0.717, 1.165) is 18.9 Å². The fraction of sp³-hybridized carbons (Fsp3) is 0.455. The molecule has 2 N–H and O–H groups in total. The van der Waals surface area contributed by atoms with E-state index < -0.39 is 28.9 Å². The Morgan fingerprint density at radius 3 is 2.53 bits per heavy atom. The number of carbonyl (C=O) groups is 3. The van der Waals surface area contributed by atoms with Crippen molar-refractivity contribution in [2.45, 2.75) is 57.2 Å². The van der Waals surface area contributed by atoms with Crippen LogP contribution >= 0.6 is 0 Å². The van der Waals surface area contributed by atoms with Crippen LogP contribution in [0.4, 0.5) is 10.1 Å². The number of ketones is 1. The molecule has 2 fully saturated rings. The Morgan fingerprint density at radius 2 is 1.91 bits per heavy atom. The van der Waals surface area contributed by atoms with Crippen LogP contribution in [0.15, 0.2) is 41.3 Å². The standard InChI is InChI=1S/C33H38FN3O8/c1-20-17-36(14-13-35(20)12-11-28(40)21-5-9-24(10-6-21)45-15-3-4-23(39)19-38)30-27(34)16-25-29(32(30)44-2)37(22-7-8-22)18-26(31(25)41)33(42)43/h5-6,9-10,16,18-20,22-23,39H,3-4,7-8,11-15,17H2,1-2H3,(H,42,43). The van der Waals surface area contributed by atoms with Crippen molar-refractivity contribution in [3.05, 3.63) is 63.7 Å². The summed E-state index contributed by atoms with van der Waals surface area (Å²) in [6.07, 6.45) is 3.68. The number of aldehydes is 1. The molecule has 11 nitrogen and oxygen atoms in total.